The smallest absolute Gasteiger partial charge is 0.143 e. The molecule has 0 radical (unpaired) electrons. The van der Waals surface area contributed by atoms with Gasteiger partial charge in [0.05, 0.1) is 12.8 Å². The first-order chi connectivity index (χ1) is 11.8. The summed E-state index contributed by atoms with van der Waals surface area (Å²) in [6, 6.07) is 14.5. The number of fused-ring (bicyclic) bond motifs is 2. The predicted molar refractivity (Wildman–Crippen MR) is 95.4 cm³/mol. The van der Waals surface area contributed by atoms with Crippen molar-refractivity contribution in [2.24, 2.45) is 0 Å². The van der Waals surface area contributed by atoms with Crippen LogP contribution in [0.5, 0.6) is 5.75 Å². The van der Waals surface area contributed by atoms with Gasteiger partial charge in [0, 0.05) is 12.4 Å². The molecule has 0 amide bonds. The Morgan fingerprint density at radius 1 is 0.917 bits per heavy atom. The second-order valence-corrected chi connectivity index (χ2v) is 5.98. The van der Waals surface area contributed by atoms with E-state index in [-0.39, 0.29) is 0 Å². The van der Waals surface area contributed by atoms with E-state index >= 15 is 0 Å². The van der Waals surface area contributed by atoms with E-state index in [1.54, 1.807) is 7.11 Å². The van der Waals surface area contributed by atoms with Crippen LogP contribution in [0, 0.1) is 6.92 Å². The number of hydrogen-bond acceptors (Lipinski definition) is 4. The van der Waals surface area contributed by atoms with E-state index in [4.69, 9.17) is 4.74 Å². The molecule has 1 aliphatic rings. The molecular weight excluding hydrogens is 298 g/mol. The molecular formula is C20H19N3O. The summed E-state index contributed by atoms with van der Waals surface area (Å²) in [6.07, 6.45) is 5.57. The molecule has 4 rings (SSSR count). The maximum atomic E-state index is 5.65. The Hall–Kier alpha value is -2.88. The third kappa shape index (κ3) is 2.40. The predicted octanol–water partition coefficient (Wildman–Crippen LogP) is 4.36. The first-order valence-electron chi connectivity index (χ1n) is 8.10. The number of nitrogens with zero attached hydrogens (tertiary/aromatic N) is 3. The Morgan fingerprint density at radius 2 is 1.54 bits per heavy atom. The lowest BCUT2D eigenvalue weighted by Gasteiger charge is -2.26. The van der Waals surface area contributed by atoms with Crippen LogP contribution in [0.4, 0.5) is 17.3 Å². The molecule has 0 fully saturated rings. The summed E-state index contributed by atoms with van der Waals surface area (Å²) in [4.78, 5) is 11.4. The average molecular weight is 317 g/mol. The molecule has 3 heterocycles. The van der Waals surface area contributed by atoms with Gasteiger partial charge in [-0.15, -0.1) is 0 Å². The van der Waals surface area contributed by atoms with Gasteiger partial charge >= 0.3 is 0 Å². The van der Waals surface area contributed by atoms with Crippen molar-refractivity contribution in [3.8, 4) is 5.75 Å². The molecule has 0 atom stereocenters. The fourth-order valence-corrected chi connectivity index (χ4v) is 3.22. The van der Waals surface area contributed by atoms with E-state index in [0.29, 0.717) is 0 Å². The summed E-state index contributed by atoms with van der Waals surface area (Å²) in [6.45, 7) is 2.06. The van der Waals surface area contributed by atoms with Crippen molar-refractivity contribution in [2.45, 2.75) is 19.8 Å². The minimum absolute atomic E-state index is 0.824. The number of hydrogen-bond donors (Lipinski definition) is 0. The van der Waals surface area contributed by atoms with E-state index in [9.17, 15) is 0 Å². The van der Waals surface area contributed by atoms with Crippen LogP contribution in [0.25, 0.3) is 0 Å². The van der Waals surface area contributed by atoms with Crippen molar-refractivity contribution in [3.63, 3.8) is 0 Å². The summed E-state index contributed by atoms with van der Waals surface area (Å²) in [5, 5.41) is 0. The molecule has 0 spiro atoms. The number of pyridine rings is 2. The Morgan fingerprint density at radius 3 is 2.12 bits per heavy atom. The normalized spacial score (nSPS) is 13.0. The van der Waals surface area contributed by atoms with Crippen molar-refractivity contribution in [3.05, 3.63) is 71.5 Å². The fraction of sp³-hybridized carbons (Fsp3) is 0.200. The van der Waals surface area contributed by atoms with Gasteiger partial charge in [-0.3, -0.25) is 4.90 Å². The second-order valence-electron chi connectivity index (χ2n) is 5.98. The highest BCUT2D eigenvalue weighted by atomic mass is 16.5. The van der Waals surface area contributed by atoms with Crippen molar-refractivity contribution in [1.29, 1.82) is 0 Å². The highest BCUT2D eigenvalue weighted by molar-refractivity contribution is 5.80. The first-order valence-corrected chi connectivity index (χ1v) is 8.10. The average Bonchev–Trinajstić information content (AvgIpc) is 2.79. The Kier molecular flexibility index (Phi) is 3.65. The molecule has 1 aromatic carbocycles. The molecule has 0 saturated carbocycles. The summed E-state index contributed by atoms with van der Waals surface area (Å²) < 4.78 is 5.65. The van der Waals surface area contributed by atoms with Gasteiger partial charge in [0.1, 0.15) is 17.4 Å². The van der Waals surface area contributed by atoms with Crippen LogP contribution in [0.1, 0.15) is 16.7 Å². The molecule has 24 heavy (non-hydrogen) atoms. The number of methoxy groups -OCH3 is 1. The maximum Gasteiger partial charge on any atom is 0.143 e. The monoisotopic (exact) mass is 317 g/mol. The maximum absolute atomic E-state index is 5.65. The summed E-state index contributed by atoms with van der Waals surface area (Å²) in [7, 11) is 1.70. The number of aryl methyl sites for hydroxylation is 3. The quantitative estimate of drug-likeness (QED) is 0.704. The zero-order chi connectivity index (χ0) is 16.5. The molecule has 1 aliphatic heterocycles. The van der Waals surface area contributed by atoms with Gasteiger partial charge in [-0.05, 0) is 60.7 Å². The minimum atomic E-state index is 0.824. The number of rotatable bonds is 2. The SMILES string of the molecule is COc1cc(C)ccc1N1c2ncccc2CCc2cccnc21. The van der Waals surface area contributed by atoms with Crippen molar-refractivity contribution >= 4 is 17.3 Å². The van der Waals surface area contributed by atoms with E-state index in [1.165, 1.54) is 11.1 Å². The van der Waals surface area contributed by atoms with Crippen molar-refractivity contribution in [1.82, 2.24) is 9.97 Å². The van der Waals surface area contributed by atoms with E-state index in [2.05, 4.69) is 46.1 Å². The standard InChI is InChI=1S/C20H19N3O/c1-14-7-10-17(18(13-14)24-2)23-19-15(5-3-11-21-19)8-9-16-6-4-12-22-20(16)23/h3-7,10-13H,8-9H2,1-2H3. The molecule has 3 aromatic rings. The van der Waals surface area contributed by atoms with Crippen molar-refractivity contribution in [2.75, 3.05) is 12.0 Å². The summed E-state index contributed by atoms with van der Waals surface area (Å²) in [5.74, 6) is 2.68. The second kappa shape index (κ2) is 5.96. The zero-order valence-electron chi connectivity index (χ0n) is 13.9. The summed E-state index contributed by atoms with van der Waals surface area (Å²) in [5.41, 5.74) is 4.56. The van der Waals surface area contributed by atoms with Crippen LogP contribution in [-0.2, 0) is 12.8 Å². The molecule has 4 heteroatoms. The van der Waals surface area contributed by atoms with Crippen LogP contribution >= 0.6 is 0 Å². The van der Waals surface area contributed by atoms with E-state index < -0.39 is 0 Å². The molecule has 0 saturated heterocycles. The van der Waals surface area contributed by atoms with Gasteiger partial charge in [-0.2, -0.15) is 0 Å². The van der Waals surface area contributed by atoms with Gasteiger partial charge in [-0.1, -0.05) is 18.2 Å². The molecule has 0 unspecified atom stereocenters. The van der Waals surface area contributed by atoms with E-state index in [0.717, 1.165) is 41.5 Å². The highest BCUT2D eigenvalue weighted by Crippen LogP contribution is 2.43. The van der Waals surface area contributed by atoms with Gasteiger partial charge in [-0.25, -0.2) is 9.97 Å². The lowest BCUT2D eigenvalue weighted by Crippen LogP contribution is -2.15. The Labute approximate surface area is 141 Å². The van der Waals surface area contributed by atoms with Gasteiger partial charge in [0.2, 0.25) is 0 Å². The lowest BCUT2D eigenvalue weighted by atomic mass is 10.1. The third-order valence-corrected chi connectivity index (χ3v) is 4.40. The van der Waals surface area contributed by atoms with Crippen molar-refractivity contribution < 1.29 is 4.74 Å². The molecule has 2 aromatic heterocycles. The van der Waals surface area contributed by atoms with E-state index in [1.807, 2.05) is 30.6 Å². The number of aromatic nitrogens is 2. The molecule has 120 valence electrons. The van der Waals surface area contributed by atoms with Crippen LogP contribution in [0.2, 0.25) is 0 Å². The van der Waals surface area contributed by atoms with Gasteiger partial charge in [0.25, 0.3) is 0 Å². The lowest BCUT2D eigenvalue weighted by molar-refractivity contribution is 0.415. The molecule has 4 nitrogen and oxygen atoms in total. The fourth-order valence-electron chi connectivity index (χ4n) is 3.22. The van der Waals surface area contributed by atoms with Gasteiger partial charge < -0.3 is 4.74 Å². The topological polar surface area (TPSA) is 38.2 Å². The molecule has 0 bridgehead atoms. The molecule has 0 N–H and O–H groups in total. The van der Waals surface area contributed by atoms with Crippen LogP contribution in [0.15, 0.2) is 54.9 Å². The molecule has 0 aliphatic carbocycles. The minimum Gasteiger partial charge on any atom is -0.495 e. The highest BCUT2D eigenvalue weighted by Gasteiger charge is 2.26. The first kappa shape index (κ1) is 14.7. The van der Waals surface area contributed by atoms with Crippen LogP contribution < -0.4 is 9.64 Å². The zero-order valence-corrected chi connectivity index (χ0v) is 13.9. The summed E-state index contributed by atoms with van der Waals surface area (Å²) >= 11 is 0. The van der Waals surface area contributed by atoms with Gasteiger partial charge in [0.15, 0.2) is 0 Å². The van der Waals surface area contributed by atoms with Crippen LogP contribution in [-0.4, -0.2) is 17.1 Å². The number of ether oxygens (including phenoxy) is 1. The Bertz CT molecular complexity index is 844. The largest absolute Gasteiger partial charge is 0.495 e. The Balaban J connectivity index is 2.00. The third-order valence-electron chi connectivity index (χ3n) is 4.40. The van der Waals surface area contributed by atoms with Crippen LogP contribution in [0.3, 0.4) is 0 Å². The number of anilines is 3. The number of benzene rings is 1.